The van der Waals surface area contributed by atoms with E-state index in [-0.39, 0.29) is 11.9 Å². The molecule has 3 rings (SSSR count). The van der Waals surface area contributed by atoms with Crippen LogP contribution in [0.2, 0.25) is 0 Å². The number of carbonyl (C=O) groups excluding carboxylic acids is 1. The third kappa shape index (κ3) is 3.24. The fourth-order valence-corrected chi connectivity index (χ4v) is 2.82. The third-order valence-electron chi connectivity index (χ3n) is 4.38. The van der Waals surface area contributed by atoms with Crippen molar-refractivity contribution in [2.75, 3.05) is 7.05 Å². The molecule has 0 saturated heterocycles. The van der Waals surface area contributed by atoms with Crippen LogP contribution in [0.1, 0.15) is 24.1 Å². The molecule has 1 aromatic heterocycles. The molecule has 1 amide bonds. The highest BCUT2D eigenvalue weighted by Crippen LogP contribution is 2.22. The fraction of sp³-hybridized carbons (Fsp3) is 0.200. The van der Waals surface area contributed by atoms with E-state index in [0.29, 0.717) is 6.42 Å². The predicted molar refractivity (Wildman–Crippen MR) is 93.1 cm³/mol. The van der Waals surface area contributed by atoms with Gasteiger partial charge in [-0.3, -0.25) is 9.78 Å². The standard InChI is InChI=1S/C20H20N2O/c1-15(16-10-12-21-13-11-16)22(2)20(23)14-18-8-5-7-17-6-3-4-9-19(17)18/h3-13,15H,14H2,1-2H3. The molecule has 0 N–H and O–H groups in total. The summed E-state index contributed by atoms with van der Waals surface area (Å²) in [6.45, 7) is 2.04. The van der Waals surface area contributed by atoms with Gasteiger partial charge < -0.3 is 4.90 Å². The minimum atomic E-state index is 0.0282. The quantitative estimate of drug-likeness (QED) is 0.730. The lowest BCUT2D eigenvalue weighted by Gasteiger charge is -2.25. The Morgan fingerprint density at radius 2 is 1.74 bits per heavy atom. The van der Waals surface area contributed by atoms with E-state index in [4.69, 9.17) is 0 Å². The second-order valence-corrected chi connectivity index (χ2v) is 5.78. The first-order valence-corrected chi connectivity index (χ1v) is 7.79. The van der Waals surface area contributed by atoms with Gasteiger partial charge in [-0.15, -0.1) is 0 Å². The average Bonchev–Trinajstić information content (AvgIpc) is 2.61. The van der Waals surface area contributed by atoms with Crippen molar-refractivity contribution in [2.45, 2.75) is 19.4 Å². The van der Waals surface area contributed by atoms with E-state index in [0.717, 1.165) is 16.5 Å². The van der Waals surface area contributed by atoms with Gasteiger partial charge in [-0.05, 0) is 41.0 Å². The summed E-state index contributed by atoms with van der Waals surface area (Å²) in [4.78, 5) is 18.5. The van der Waals surface area contributed by atoms with Crippen LogP contribution < -0.4 is 0 Å². The van der Waals surface area contributed by atoms with Crippen LogP contribution in [0.15, 0.2) is 67.0 Å². The van der Waals surface area contributed by atoms with Gasteiger partial charge in [0.1, 0.15) is 0 Å². The normalized spacial score (nSPS) is 12.1. The molecule has 0 aliphatic rings. The molecule has 1 heterocycles. The molecule has 1 atom stereocenters. The van der Waals surface area contributed by atoms with Crippen molar-refractivity contribution in [3.63, 3.8) is 0 Å². The summed E-state index contributed by atoms with van der Waals surface area (Å²) in [5.74, 6) is 0.116. The third-order valence-corrected chi connectivity index (χ3v) is 4.38. The molecular formula is C20H20N2O. The molecular weight excluding hydrogens is 284 g/mol. The van der Waals surface area contributed by atoms with E-state index in [9.17, 15) is 4.79 Å². The van der Waals surface area contributed by atoms with Crippen LogP contribution >= 0.6 is 0 Å². The van der Waals surface area contributed by atoms with Crippen molar-refractivity contribution in [3.05, 3.63) is 78.1 Å². The highest BCUT2D eigenvalue weighted by molar-refractivity contribution is 5.90. The molecule has 0 saturated carbocycles. The number of benzene rings is 2. The number of nitrogens with zero attached hydrogens (tertiary/aromatic N) is 2. The summed E-state index contributed by atoms with van der Waals surface area (Å²) in [6.07, 6.45) is 3.93. The number of carbonyl (C=O) groups is 1. The van der Waals surface area contributed by atoms with Crippen LogP contribution in [0.3, 0.4) is 0 Å². The van der Waals surface area contributed by atoms with Gasteiger partial charge in [0, 0.05) is 19.4 Å². The minimum Gasteiger partial charge on any atom is -0.339 e. The second kappa shape index (κ2) is 6.61. The first kappa shape index (κ1) is 15.2. The molecule has 0 bridgehead atoms. The Kier molecular flexibility index (Phi) is 4.38. The number of hydrogen-bond donors (Lipinski definition) is 0. The number of fused-ring (bicyclic) bond motifs is 1. The molecule has 0 radical (unpaired) electrons. The van der Waals surface area contributed by atoms with E-state index in [1.807, 2.05) is 50.4 Å². The zero-order chi connectivity index (χ0) is 16.2. The summed E-state index contributed by atoms with van der Waals surface area (Å²) in [5, 5.41) is 2.32. The second-order valence-electron chi connectivity index (χ2n) is 5.78. The van der Waals surface area contributed by atoms with Gasteiger partial charge in [0.25, 0.3) is 0 Å². The highest BCUT2D eigenvalue weighted by Gasteiger charge is 2.18. The Hall–Kier alpha value is -2.68. The fourth-order valence-electron chi connectivity index (χ4n) is 2.82. The monoisotopic (exact) mass is 304 g/mol. The SMILES string of the molecule is CC(c1ccncc1)N(C)C(=O)Cc1cccc2ccccc12. The van der Waals surface area contributed by atoms with Gasteiger partial charge in [0.05, 0.1) is 12.5 Å². The topological polar surface area (TPSA) is 33.2 Å². The summed E-state index contributed by atoms with van der Waals surface area (Å²) < 4.78 is 0. The van der Waals surface area contributed by atoms with Gasteiger partial charge in [0.15, 0.2) is 0 Å². The summed E-state index contributed by atoms with van der Waals surface area (Å²) in [6, 6.07) is 18.2. The van der Waals surface area contributed by atoms with Gasteiger partial charge in [0.2, 0.25) is 5.91 Å². The zero-order valence-electron chi connectivity index (χ0n) is 13.4. The van der Waals surface area contributed by atoms with Crippen molar-refractivity contribution in [2.24, 2.45) is 0 Å². The molecule has 3 heteroatoms. The smallest absolute Gasteiger partial charge is 0.227 e. The first-order valence-electron chi connectivity index (χ1n) is 7.79. The summed E-state index contributed by atoms with van der Waals surface area (Å²) >= 11 is 0. The minimum absolute atomic E-state index is 0.0282. The molecule has 3 aromatic rings. The maximum absolute atomic E-state index is 12.7. The van der Waals surface area contributed by atoms with Crippen LogP contribution in [-0.4, -0.2) is 22.8 Å². The molecule has 0 spiro atoms. The molecule has 0 aliphatic carbocycles. The Morgan fingerprint density at radius 3 is 2.52 bits per heavy atom. The van der Waals surface area contributed by atoms with E-state index in [2.05, 4.69) is 23.2 Å². The Bertz CT molecular complexity index is 809. The zero-order valence-corrected chi connectivity index (χ0v) is 13.4. The van der Waals surface area contributed by atoms with E-state index >= 15 is 0 Å². The Balaban J connectivity index is 1.80. The van der Waals surface area contributed by atoms with Gasteiger partial charge in [-0.25, -0.2) is 0 Å². The number of hydrogen-bond acceptors (Lipinski definition) is 2. The number of rotatable bonds is 4. The van der Waals surface area contributed by atoms with Crippen molar-refractivity contribution < 1.29 is 4.79 Å². The van der Waals surface area contributed by atoms with Gasteiger partial charge in [-0.2, -0.15) is 0 Å². The van der Waals surface area contributed by atoms with Gasteiger partial charge >= 0.3 is 0 Å². The molecule has 2 aromatic carbocycles. The lowest BCUT2D eigenvalue weighted by molar-refractivity contribution is -0.131. The molecule has 23 heavy (non-hydrogen) atoms. The van der Waals surface area contributed by atoms with E-state index in [1.54, 1.807) is 17.3 Å². The van der Waals surface area contributed by atoms with Crippen LogP contribution in [0.5, 0.6) is 0 Å². The van der Waals surface area contributed by atoms with Crippen LogP contribution in [0.25, 0.3) is 10.8 Å². The summed E-state index contributed by atoms with van der Waals surface area (Å²) in [7, 11) is 1.86. The molecule has 1 unspecified atom stereocenters. The van der Waals surface area contributed by atoms with Crippen molar-refractivity contribution in [1.29, 1.82) is 0 Å². The van der Waals surface area contributed by atoms with Crippen molar-refractivity contribution in [3.8, 4) is 0 Å². The van der Waals surface area contributed by atoms with Gasteiger partial charge in [-0.1, -0.05) is 42.5 Å². The van der Waals surface area contributed by atoms with Crippen molar-refractivity contribution in [1.82, 2.24) is 9.88 Å². The van der Waals surface area contributed by atoms with Crippen LogP contribution in [-0.2, 0) is 11.2 Å². The first-order chi connectivity index (χ1) is 11.2. The van der Waals surface area contributed by atoms with E-state index in [1.165, 1.54) is 5.39 Å². The molecule has 0 aliphatic heterocycles. The predicted octanol–water partition coefficient (Wildman–Crippen LogP) is 4.00. The Morgan fingerprint density at radius 1 is 1.04 bits per heavy atom. The number of amides is 1. The lowest BCUT2D eigenvalue weighted by atomic mass is 10.0. The average molecular weight is 304 g/mol. The van der Waals surface area contributed by atoms with E-state index < -0.39 is 0 Å². The number of pyridine rings is 1. The Labute approximate surface area is 136 Å². The maximum Gasteiger partial charge on any atom is 0.227 e. The lowest BCUT2D eigenvalue weighted by Crippen LogP contribution is -2.31. The number of likely N-dealkylation sites (N-methyl/N-ethyl adjacent to an activating group) is 1. The molecule has 116 valence electrons. The molecule has 0 fully saturated rings. The number of aromatic nitrogens is 1. The highest BCUT2D eigenvalue weighted by atomic mass is 16.2. The van der Waals surface area contributed by atoms with Crippen molar-refractivity contribution >= 4 is 16.7 Å². The molecule has 3 nitrogen and oxygen atoms in total. The van der Waals surface area contributed by atoms with Crippen LogP contribution in [0, 0.1) is 0 Å². The summed E-state index contributed by atoms with van der Waals surface area (Å²) in [5.41, 5.74) is 2.16. The van der Waals surface area contributed by atoms with Crippen LogP contribution in [0.4, 0.5) is 0 Å². The maximum atomic E-state index is 12.7. The largest absolute Gasteiger partial charge is 0.339 e.